The largest absolute Gasteiger partial charge is 0.343 e. The molecule has 0 radical (unpaired) electrons. The van der Waals surface area contributed by atoms with Crippen molar-refractivity contribution in [3.8, 4) is 0 Å². The fraction of sp³-hybridized carbons (Fsp3) is 0.389. The summed E-state index contributed by atoms with van der Waals surface area (Å²) in [5.41, 5.74) is -0.0471. The van der Waals surface area contributed by atoms with Crippen molar-refractivity contribution >= 4 is 22.9 Å². The number of nitro benzene ring substituents is 1. The molecule has 1 fully saturated rings. The summed E-state index contributed by atoms with van der Waals surface area (Å²) in [5, 5.41) is 16.2. The highest BCUT2D eigenvalue weighted by Gasteiger charge is 2.34. The second-order valence-electron chi connectivity index (χ2n) is 6.39. The second kappa shape index (κ2) is 7.76. The minimum atomic E-state index is -0.512. The summed E-state index contributed by atoms with van der Waals surface area (Å²) < 4.78 is 0. The lowest BCUT2D eigenvalue weighted by Crippen LogP contribution is -3.11. The number of nitrogens with one attached hydrogen (secondary N) is 2. The topological polar surface area (TPSA) is 76.7 Å². The molecule has 6 nitrogen and oxygen atoms in total. The van der Waals surface area contributed by atoms with E-state index in [0.717, 1.165) is 13.1 Å². The van der Waals surface area contributed by atoms with Gasteiger partial charge in [0.25, 0.3) is 11.6 Å². The number of likely N-dealkylation sites (tertiary alicyclic amines) is 1. The zero-order chi connectivity index (χ0) is 17.8. The molecule has 0 spiro atoms. The van der Waals surface area contributed by atoms with Gasteiger partial charge in [0.2, 0.25) is 0 Å². The van der Waals surface area contributed by atoms with Crippen LogP contribution in [0, 0.1) is 10.1 Å². The van der Waals surface area contributed by atoms with Gasteiger partial charge in [0.15, 0.2) is 0 Å². The number of benzene rings is 1. The van der Waals surface area contributed by atoms with Crippen LogP contribution in [0.25, 0.3) is 0 Å². The molecule has 1 aliphatic heterocycles. The predicted octanol–water partition coefficient (Wildman–Crippen LogP) is 2.19. The van der Waals surface area contributed by atoms with Gasteiger partial charge in [-0.25, -0.2) is 0 Å². The van der Waals surface area contributed by atoms with E-state index in [1.165, 1.54) is 34.8 Å². The first-order valence-electron chi connectivity index (χ1n) is 8.50. The summed E-state index contributed by atoms with van der Waals surface area (Å²) in [4.78, 5) is 26.0. The Balaban J connectivity index is 1.80. The van der Waals surface area contributed by atoms with E-state index in [1.54, 1.807) is 23.5 Å². The summed E-state index contributed by atoms with van der Waals surface area (Å²) >= 11 is 1.70. The number of carbonyl (C=O) groups excluding carboxylic acids is 1. The zero-order valence-corrected chi connectivity index (χ0v) is 14.9. The van der Waals surface area contributed by atoms with E-state index < -0.39 is 4.92 Å². The van der Waals surface area contributed by atoms with Crippen molar-refractivity contribution in [1.82, 2.24) is 5.32 Å². The van der Waals surface area contributed by atoms with Gasteiger partial charge in [-0.2, -0.15) is 0 Å². The van der Waals surface area contributed by atoms with Gasteiger partial charge in [-0.1, -0.05) is 18.2 Å². The Kier molecular flexibility index (Phi) is 5.45. The van der Waals surface area contributed by atoms with Crippen LogP contribution in [0.5, 0.6) is 0 Å². The molecule has 1 aliphatic rings. The highest BCUT2D eigenvalue weighted by molar-refractivity contribution is 7.10. The number of nitrogens with zero attached hydrogens (tertiary/aromatic N) is 1. The number of hydrogen-bond donors (Lipinski definition) is 2. The lowest BCUT2D eigenvalue weighted by atomic mass is 10.1. The van der Waals surface area contributed by atoms with Crippen molar-refractivity contribution in [2.75, 3.05) is 13.1 Å². The lowest BCUT2D eigenvalue weighted by Gasteiger charge is -2.29. The normalized spacial score (nSPS) is 17.2. The number of quaternary nitrogens is 1. The highest BCUT2D eigenvalue weighted by atomic mass is 32.1. The second-order valence-corrected chi connectivity index (χ2v) is 7.37. The molecule has 0 aliphatic carbocycles. The van der Waals surface area contributed by atoms with Gasteiger partial charge < -0.3 is 10.2 Å². The smallest absolute Gasteiger partial charge is 0.282 e. The maximum atomic E-state index is 12.6. The van der Waals surface area contributed by atoms with Crippen LogP contribution in [0.2, 0.25) is 0 Å². The number of nitro groups is 1. The third-order valence-corrected chi connectivity index (χ3v) is 5.69. The number of carbonyl (C=O) groups is 1. The average Bonchev–Trinajstić information content (AvgIpc) is 3.29. The molecule has 2 N–H and O–H groups in total. The fourth-order valence-corrected chi connectivity index (χ4v) is 4.59. The van der Waals surface area contributed by atoms with Crippen molar-refractivity contribution in [2.45, 2.75) is 31.8 Å². The van der Waals surface area contributed by atoms with Crippen LogP contribution in [-0.4, -0.2) is 30.0 Å². The van der Waals surface area contributed by atoms with Crippen molar-refractivity contribution in [3.63, 3.8) is 0 Å². The third kappa shape index (κ3) is 3.88. The summed E-state index contributed by atoms with van der Waals surface area (Å²) in [6.07, 6.45) is 2.39. The molecule has 0 saturated carbocycles. The standard InChI is InChI=1S/C18H21N3O3S/c1-13(17(16-9-6-12-25-16)20-10-4-5-11-20)19-18(22)14-7-2-3-8-15(14)21(23)24/h2-3,6-9,12-13,17H,4-5,10-11H2,1H3,(H,19,22)/p+1/t13-,17-/m0/s1. The Morgan fingerprint density at radius 1 is 1.24 bits per heavy atom. The van der Waals surface area contributed by atoms with E-state index >= 15 is 0 Å². The molecule has 1 saturated heterocycles. The van der Waals surface area contributed by atoms with Gasteiger partial charge in [0.1, 0.15) is 11.6 Å². The summed E-state index contributed by atoms with van der Waals surface area (Å²) in [5.74, 6) is -0.389. The third-order valence-electron chi connectivity index (χ3n) is 4.74. The molecule has 0 bridgehead atoms. The molecule has 3 rings (SSSR count). The van der Waals surface area contributed by atoms with Crippen LogP contribution in [0.15, 0.2) is 41.8 Å². The average molecular weight is 360 g/mol. The van der Waals surface area contributed by atoms with Crippen LogP contribution in [0.1, 0.15) is 41.0 Å². The van der Waals surface area contributed by atoms with Crippen molar-refractivity contribution < 1.29 is 14.6 Å². The van der Waals surface area contributed by atoms with Crippen molar-refractivity contribution in [3.05, 3.63) is 62.3 Å². The SMILES string of the molecule is C[C@H](NC(=O)c1ccccc1[N+](=O)[O-])[C@@H](c1cccs1)[NH+]1CCCC1. The van der Waals surface area contributed by atoms with Crippen LogP contribution in [0.3, 0.4) is 0 Å². The number of hydrogen-bond acceptors (Lipinski definition) is 4. The van der Waals surface area contributed by atoms with Gasteiger partial charge in [0, 0.05) is 18.9 Å². The molecule has 7 heteroatoms. The number of amides is 1. The van der Waals surface area contributed by atoms with Crippen LogP contribution in [-0.2, 0) is 0 Å². The number of thiophene rings is 1. The number of rotatable bonds is 6. The molecule has 2 aromatic rings. The summed E-state index contributed by atoms with van der Waals surface area (Å²) in [6.45, 7) is 4.17. The molecular weight excluding hydrogens is 338 g/mol. The molecule has 132 valence electrons. The van der Waals surface area contributed by atoms with E-state index in [4.69, 9.17) is 0 Å². The zero-order valence-electron chi connectivity index (χ0n) is 14.1. The first-order valence-corrected chi connectivity index (χ1v) is 9.38. The Morgan fingerprint density at radius 2 is 1.96 bits per heavy atom. The predicted molar refractivity (Wildman–Crippen MR) is 97.0 cm³/mol. The highest BCUT2D eigenvalue weighted by Crippen LogP contribution is 2.22. The van der Waals surface area contributed by atoms with E-state index in [-0.39, 0.29) is 29.2 Å². The van der Waals surface area contributed by atoms with E-state index in [9.17, 15) is 14.9 Å². The Labute approximate surface area is 150 Å². The number of para-hydroxylation sites is 1. The van der Waals surface area contributed by atoms with Gasteiger partial charge >= 0.3 is 0 Å². The maximum Gasteiger partial charge on any atom is 0.282 e. The Hall–Kier alpha value is -2.25. The molecule has 2 atom stereocenters. The van der Waals surface area contributed by atoms with Crippen LogP contribution in [0.4, 0.5) is 5.69 Å². The Morgan fingerprint density at radius 3 is 2.60 bits per heavy atom. The first kappa shape index (κ1) is 17.6. The van der Waals surface area contributed by atoms with Gasteiger partial charge in [-0.3, -0.25) is 14.9 Å². The van der Waals surface area contributed by atoms with Gasteiger partial charge in [-0.15, -0.1) is 11.3 Å². The quantitative estimate of drug-likeness (QED) is 0.612. The van der Waals surface area contributed by atoms with Crippen molar-refractivity contribution in [2.24, 2.45) is 0 Å². The van der Waals surface area contributed by atoms with E-state index in [2.05, 4.69) is 16.8 Å². The summed E-state index contributed by atoms with van der Waals surface area (Å²) in [6, 6.07) is 10.3. The summed E-state index contributed by atoms with van der Waals surface area (Å²) in [7, 11) is 0. The molecule has 2 heterocycles. The lowest BCUT2D eigenvalue weighted by molar-refractivity contribution is -0.920. The van der Waals surface area contributed by atoms with Gasteiger partial charge in [0.05, 0.1) is 28.9 Å². The van der Waals surface area contributed by atoms with Crippen LogP contribution < -0.4 is 10.2 Å². The molecule has 0 unspecified atom stereocenters. The van der Waals surface area contributed by atoms with Crippen LogP contribution >= 0.6 is 11.3 Å². The molecule has 25 heavy (non-hydrogen) atoms. The van der Waals surface area contributed by atoms with Gasteiger partial charge in [-0.05, 0) is 24.4 Å². The molecule has 1 aromatic heterocycles. The minimum Gasteiger partial charge on any atom is -0.343 e. The molecule has 1 amide bonds. The van der Waals surface area contributed by atoms with Crippen molar-refractivity contribution in [1.29, 1.82) is 0 Å². The maximum absolute atomic E-state index is 12.6. The Bertz CT molecular complexity index is 742. The van der Waals surface area contributed by atoms with E-state index in [1.807, 2.05) is 13.0 Å². The minimum absolute atomic E-state index is 0.112. The van der Waals surface area contributed by atoms with E-state index in [0.29, 0.717) is 0 Å². The molecule has 1 aromatic carbocycles. The molecular formula is C18H22N3O3S+. The first-order chi connectivity index (χ1) is 12.1. The fourth-order valence-electron chi connectivity index (χ4n) is 3.60. The monoisotopic (exact) mass is 360 g/mol.